The number of amides is 1. The van der Waals surface area contributed by atoms with Crippen molar-refractivity contribution in [1.29, 1.82) is 0 Å². The maximum atomic E-state index is 13.6. The molecule has 2 unspecified atom stereocenters. The number of fused-ring (bicyclic) bond motifs is 1. The van der Waals surface area contributed by atoms with Crippen LogP contribution in [0.4, 0.5) is 15.9 Å². The quantitative estimate of drug-likeness (QED) is 0.245. The van der Waals surface area contributed by atoms with Gasteiger partial charge in [-0.15, -0.1) is 0 Å². The largest absolute Gasteiger partial charge is 0.457 e. The number of aryl methyl sites for hydroxylation is 1. The number of ether oxygens (including phenoxy) is 1. The molecule has 206 valence electrons. The van der Waals surface area contributed by atoms with E-state index in [0.717, 1.165) is 29.9 Å². The lowest BCUT2D eigenvalue weighted by molar-refractivity contribution is 0.0344. The summed E-state index contributed by atoms with van der Waals surface area (Å²) < 4.78 is 21.0. The number of hydrogen-bond acceptors (Lipinski definition) is 5. The minimum absolute atomic E-state index is 0.0438. The Morgan fingerprint density at radius 3 is 2.38 bits per heavy atom. The normalized spacial score (nSPS) is 23.6. The summed E-state index contributed by atoms with van der Waals surface area (Å²) >= 11 is 5.88. The molecule has 40 heavy (non-hydrogen) atoms. The van der Waals surface area contributed by atoms with Crippen molar-refractivity contribution in [2.45, 2.75) is 37.2 Å². The van der Waals surface area contributed by atoms with Gasteiger partial charge in [0, 0.05) is 18.7 Å². The molecule has 1 aromatic heterocycles. The van der Waals surface area contributed by atoms with Crippen LogP contribution < -0.4 is 15.8 Å². The summed E-state index contributed by atoms with van der Waals surface area (Å²) in [6.45, 7) is 0. The van der Waals surface area contributed by atoms with Crippen LogP contribution in [0.1, 0.15) is 53.2 Å². The summed E-state index contributed by atoms with van der Waals surface area (Å²) in [4.78, 5) is 13.3. The SMILES string of the molecule is Cn1nc(C2CC3CC(O)(c4ccc(Oc5ccccc5)cc4)CC3C2)c(C(=O)Nc2ccc(F)c(Cl)c2)c1N. The molecule has 2 fully saturated rings. The molecule has 1 heterocycles. The molecule has 6 rings (SSSR count). The van der Waals surface area contributed by atoms with Crippen LogP contribution >= 0.6 is 11.6 Å². The third-order valence-electron chi connectivity index (χ3n) is 8.32. The van der Waals surface area contributed by atoms with Gasteiger partial charge in [0.2, 0.25) is 0 Å². The van der Waals surface area contributed by atoms with E-state index >= 15 is 0 Å². The van der Waals surface area contributed by atoms with Crippen molar-refractivity contribution in [3.8, 4) is 11.5 Å². The molecule has 3 aromatic carbocycles. The lowest BCUT2D eigenvalue weighted by atomic mass is 9.87. The number of benzene rings is 3. The number of nitrogens with one attached hydrogen (secondary N) is 1. The van der Waals surface area contributed by atoms with Crippen molar-refractivity contribution in [2.24, 2.45) is 18.9 Å². The maximum Gasteiger partial charge on any atom is 0.261 e. The molecule has 0 aliphatic heterocycles. The second-order valence-corrected chi connectivity index (χ2v) is 11.3. The maximum absolute atomic E-state index is 13.6. The molecule has 7 nitrogen and oxygen atoms in total. The van der Waals surface area contributed by atoms with Crippen molar-refractivity contribution in [3.05, 3.63) is 100 Å². The van der Waals surface area contributed by atoms with Crippen LogP contribution in [-0.4, -0.2) is 20.8 Å². The molecular formula is C31H30ClFN4O3. The smallest absolute Gasteiger partial charge is 0.261 e. The topological polar surface area (TPSA) is 102 Å². The Bertz CT molecular complexity index is 1540. The molecule has 0 spiro atoms. The van der Waals surface area contributed by atoms with Gasteiger partial charge >= 0.3 is 0 Å². The molecule has 0 radical (unpaired) electrons. The van der Waals surface area contributed by atoms with Gasteiger partial charge in [-0.2, -0.15) is 5.10 Å². The molecule has 2 saturated carbocycles. The third-order valence-corrected chi connectivity index (χ3v) is 8.61. The molecule has 4 N–H and O–H groups in total. The highest BCUT2D eigenvalue weighted by atomic mass is 35.5. The number of nitrogen functional groups attached to an aromatic ring is 1. The lowest BCUT2D eigenvalue weighted by Gasteiger charge is -2.25. The van der Waals surface area contributed by atoms with E-state index in [1.807, 2.05) is 54.6 Å². The Morgan fingerprint density at radius 2 is 1.73 bits per heavy atom. The fourth-order valence-corrected chi connectivity index (χ4v) is 6.60. The van der Waals surface area contributed by atoms with E-state index in [1.165, 1.54) is 22.9 Å². The number of aliphatic hydroxyl groups is 1. The van der Waals surface area contributed by atoms with E-state index in [4.69, 9.17) is 22.1 Å². The van der Waals surface area contributed by atoms with E-state index in [9.17, 15) is 14.3 Å². The summed E-state index contributed by atoms with van der Waals surface area (Å²) in [5, 5.41) is 18.9. The predicted molar refractivity (Wildman–Crippen MR) is 152 cm³/mol. The number of aromatic nitrogens is 2. The van der Waals surface area contributed by atoms with Crippen LogP contribution in [0.5, 0.6) is 11.5 Å². The van der Waals surface area contributed by atoms with Crippen LogP contribution in [0, 0.1) is 17.7 Å². The van der Waals surface area contributed by atoms with Gasteiger partial charge in [0.05, 0.1) is 16.3 Å². The number of carbonyl (C=O) groups excluding carboxylic acids is 1. The van der Waals surface area contributed by atoms with Gasteiger partial charge < -0.3 is 20.9 Å². The summed E-state index contributed by atoms with van der Waals surface area (Å²) in [7, 11) is 1.71. The summed E-state index contributed by atoms with van der Waals surface area (Å²) in [6.07, 6.45) is 2.90. The van der Waals surface area contributed by atoms with E-state index < -0.39 is 17.3 Å². The first-order valence-electron chi connectivity index (χ1n) is 13.3. The molecule has 2 aliphatic rings. The Morgan fingerprint density at radius 1 is 1.07 bits per heavy atom. The predicted octanol–water partition coefficient (Wildman–Crippen LogP) is 6.63. The average Bonchev–Trinajstić information content (AvgIpc) is 3.56. The highest BCUT2D eigenvalue weighted by Gasteiger charge is 2.50. The number of rotatable bonds is 6. The van der Waals surface area contributed by atoms with Gasteiger partial charge in [0.25, 0.3) is 5.91 Å². The van der Waals surface area contributed by atoms with Crippen LogP contribution in [-0.2, 0) is 12.6 Å². The second-order valence-electron chi connectivity index (χ2n) is 10.9. The molecule has 9 heteroatoms. The molecular weight excluding hydrogens is 531 g/mol. The third kappa shape index (κ3) is 4.93. The number of halogens is 2. The number of para-hydroxylation sites is 1. The monoisotopic (exact) mass is 560 g/mol. The van der Waals surface area contributed by atoms with E-state index in [1.54, 1.807) is 7.05 Å². The molecule has 2 aliphatic carbocycles. The van der Waals surface area contributed by atoms with Crippen LogP contribution in [0.15, 0.2) is 72.8 Å². The molecule has 0 bridgehead atoms. The van der Waals surface area contributed by atoms with Crippen LogP contribution in [0.3, 0.4) is 0 Å². The van der Waals surface area contributed by atoms with Gasteiger partial charge in [-0.1, -0.05) is 41.9 Å². The van der Waals surface area contributed by atoms with Crippen molar-refractivity contribution in [3.63, 3.8) is 0 Å². The number of anilines is 2. The van der Waals surface area contributed by atoms with Gasteiger partial charge in [0.15, 0.2) is 0 Å². The van der Waals surface area contributed by atoms with Crippen molar-refractivity contribution in [1.82, 2.24) is 9.78 Å². The Labute approximate surface area is 236 Å². The first-order valence-corrected chi connectivity index (χ1v) is 13.7. The molecule has 0 saturated heterocycles. The zero-order valence-electron chi connectivity index (χ0n) is 22.0. The average molecular weight is 561 g/mol. The van der Waals surface area contributed by atoms with Gasteiger partial charge in [-0.3, -0.25) is 9.48 Å². The van der Waals surface area contributed by atoms with Gasteiger partial charge in [0.1, 0.15) is 28.7 Å². The van der Waals surface area contributed by atoms with E-state index in [0.29, 0.717) is 41.6 Å². The summed E-state index contributed by atoms with van der Waals surface area (Å²) in [5.41, 5.74) is 7.62. The molecule has 4 aromatic rings. The Balaban J connectivity index is 1.15. The Hall–Kier alpha value is -3.88. The number of hydrogen-bond donors (Lipinski definition) is 3. The van der Waals surface area contributed by atoms with E-state index in [2.05, 4.69) is 10.4 Å². The van der Waals surface area contributed by atoms with Gasteiger partial charge in [-0.25, -0.2) is 4.39 Å². The van der Waals surface area contributed by atoms with Crippen molar-refractivity contribution >= 4 is 29.0 Å². The number of nitrogens with zero attached hydrogens (tertiary/aromatic N) is 2. The minimum Gasteiger partial charge on any atom is -0.457 e. The van der Waals surface area contributed by atoms with Crippen LogP contribution in [0.25, 0.3) is 0 Å². The van der Waals surface area contributed by atoms with Gasteiger partial charge in [-0.05, 0) is 85.5 Å². The lowest BCUT2D eigenvalue weighted by Crippen LogP contribution is -2.23. The highest BCUT2D eigenvalue weighted by molar-refractivity contribution is 6.31. The molecule has 1 amide bonds. The second kappa shape index (κ2) is 10.3. The van der Waals surface area contributed by atoms with Crippen molar-refractivity contribution in [2.75, 3.05) is 11.1 Å². The van der Waals surface area contributed by atoms with Crippen LogP contribution in [0.2, 0.25) is 5.02 Å². The minimum atomic E-state index is -0.906. The number of nitrogens with two attached hydrogens (primary N) is 1. The summed E-state index contributed by atoms with van der Waals surface area (Å²) in [6, 6.07) is 21.3. The van der Waals surface area contributed by atoms with Crippen molar-refractivity contribution < 1.29 is 19.0 Å². The standard InChI is InChI=1S/C31H30ClFN4O3/c1-37-29(34)27(30(38)35-22-9-12-26(33)25(32)15-22)28(36-37)18-13-19-16-31(39,17-20(19)14-18)21-7-10-24(11-8-21)40-23-5-3-2-4-6-23/h2-12,15,18-20,39H,13-14,16-17,34H2,1H3,(H,35,38). The number of carbonyl (C=O) groups is 1. The Kier molecular flexibility index (Phi) is 6.76. The van der Waals surface area contributed by atoms with E-state index in [-0.39, 0.29) is 16.8 Å². The zero-order valence-corrected chi connectivity index (χ0v) is 22.7. The first-order chi connectivity index (χ1) is 19.2. The molecule has 2 atom stereocenters. The summed E-state index contributed by atoms with van der Waals surface area (Å²) in [5.74, 6) is 1.42. The fraction of sp³-hybridized carbons (Fsp3) is 0.290. The first kappa shape index (κ1) is 26.3. The highest BCUT2D eigenvalue weighted by Crippen LogP contribution is 2.57. The fourth-order valence-electron chi connectivity index (χ4n) is 6.42. The zero-order chi connectivity index (χ0) is 28.0.